The Balaban J connectivity index is 2.65. The number of hydrogen-bond acceptors (Lipinski definition) is 4. The Morgan fingerprint density at radius 2 is 2.00 bits per heavy atom. The first-order valence-electron chi connectivity index (χ1n) is 3.86. The molecule has 0 aliphatic heterocycles. The molecule has 1 amide bonds. The van der Waals surface area contributed by atoms with E-state index in [1.807, 2.05) is 0 Å². The molecule has 5 nitrogen and oxygen atoms in total. The summed E-state index contributed by atoms with van der Waals surface area (Å²) in [6.45, 7) is 0. The number of hydrogen-bond donors (Lipinski definition) is 2. The number of amides is 1. The Morgan fingerprint density at radius 1 is 1.36 bits per heavy atom. The van der Waals surface area contributed by atoms with E-state index in [-0.39, 0.29) is 11.5 Å². The second-order valence-corrected chi connectivity index (χ2v) is 2.58. The maximum absolute atomic E-state index is 10.9. The van der Waals surface area contributed by atoms with E-state index in [0.29, 0.717) is 0 Å². The first kappa shape index (κ1) is 10.0. The molecule has 0 aliphatic carbocycles. The number of ether oxygens (including phenoxy) is 1. The molecule has 1 aromatic carbocycles. The van der Waals surface area contributed by atoms with Gasteiger partial charge in [0, 0.05) is 0 Å². The van der Waals surface area contributed by atoms with Crippen LogP contribution in [0.2, 0.25) is 0 Å². The maximum atomic E-state index is 10.9. The van der Waals surface area contributed by atoms with Crippen LogP contribution in [0.25, 0.3) is 0 Å². The van der Waals surface area contributed by atoms with Crippen LogP contribution in [0.3, 0.4) is 0 Å². The molecule has 14 heavy (non-hydrogen) atoms. The van der Waals surface area contributed by atoms with E-state index in [1.54, 1.807) is 12.1 Å². The largest absolute Gasteiger partial charge is 0.504 e. The van der Waals surface area contributed by atoms with Gasteiger partial charge < -0.3 is 15.6 Å². The molecule has 0 saturated carbocycles. The van der Waals surface area contributed by atoms with Gasteiger partial charge in [-0.2, -0.15) is 0 Å². The third kappa shape index (κ3) is 2.78. The minimum atomic E-state index is -0.793. The standard InChI is InChI=1S/C9H9NO4/c10-8(12)5-9(13)14-7-4-2-1-3-6(7)11/h1-4,11H,5H2,(H2,10,12). The summed E-state index contributed by atoms with van der Waals surface area (Å²) in [4.78, 5) is 21.3. The average molecular weight is 195 g/mol. The number of para-hydroxylation sites is 2. The number of rotatable bonds is 3. The van der Waals surface area contributed by atoms with Crippen LogP contribution in [0.15, 0.2) is 24.3 Å². The van der Waals surface area contributed by atoms with Gasteiger partial charge in [0.1, 0.15) is 6.42 Å². The predicted octanol–water partition coefficient (Wildman–Crippen LogP) is 0.173. The molecule has 0 fully saturated rings. The lowest BCUT2D eigenvalue weighted by molar-refractivity contribution is -0.137. The quantitative estimate of drug-likeness (QED) is 0.408. The summed E-state index contributed by atoms with van der Waals surface area (Å²) in [7, 11) is 0. The highest BCUT2D eigenvalue weighted by molar-refractivity contribution is 5.94. The average Bonchev–Trinajstić information content (AvgIpc) is 2.07. The fourth-order valence-corrected chi connectivity index (χ4v) is 0.844. The van der Waals surface area contributed by atoms with Gasteiger partial charge in [-0.25, -0.2) is 0 Å². The summed E-state index contributed by atoms with van der Waals surface area (Å²) >= 11 is 0. The van der Waals surface area contributed by atoms with Crippen LogP contribution >= 0.6 is 0 Å². The number of carbonyl (C=O) groups is 2. The monoisotopic (exact) mass is 195 g/mol. The van der Waals surface area contributed by atoms with Crippen molar-refractivity contribution in [2.24, 2.45) is 5.73 Å². The molecule has 0 spiro atoms. The third-order valence-electron chi connectivity index (χ3n) is 1.41. The van der Waals surface area contributed by atoms with Crippen molar-refractivity contribution in [1.29, 1.82) is 0 Å². The molecule has 0 heterocycles. The Kier molecular flexibility index (Phi) is 3.06. The van der Waals surface area contributed by atoms with Crippen LogP contribution in [0.4, 0.5) is 0 Å². The van der Waals surface area contributed by atoms with Crippen LogP contribution in [-0.2, 0) is 9.59 Å². The van der Waals surface area contributed by atoms with E-state index in [2.05, 4.69) is 4.74 Å². The molecule has 0 radical (unpaired) electrons. The molecule has 0 aromatic heterocycles. The van der Waals surface area contributed by atoms with Crippen LogP contribution in [0, 0.1) is 0 Å². The molecular formula is C9H9NO4. The molecule has 1 rings (SSSR count). The van der Waals surface area contributed by atoms with Gasteiger partial charge in [-0.05, 0) is 12.1 Å². The maximum Gasteiger partial charge on any atom is 0.320 e. The van der Waals surface area contributed by atoms with Gasteiger partial charge in [0.2, 0.25) is 5.91 Å². The molecular weight excluding hydrogens is 186 g/mol. The van der Waals surface area contributed by atoms with E-state index in [9.17, 15) is 14.7 Å². The normalized spacial score (nSPS) is 9.43. The van der Waals surface area contributed by atoms with Gasteiger partial charge in [-0.15, -0.1) is 0 Å². The van der Waals surface area contributed by atoms with E-state index in [1.165, 1.54) is 12.1 Å². The lowest BCUT2D eigenvalue weighted by Gasteiger charge is -2.03. The van der Waals surface area contributed by atoms with E-state index < -0.39 is 18.3 Å². The number of phenolic OH excluding ortho intramolecular Hbond substituents is 1. The highest BCUT2D eigenvalue weighted by Gasteiger charge is 2.10. The summed E-state index contributed by atoms with van der Waals surface area (Å²) in [5, 5.41) is 9.20. The molecule has 0 unspecified atom stereocenters. The van der Waals surface area contributed by atoms with Gasteiger partial charge in [-0.3, -0.25) is 9.59 Å². The summed E-state index contributed by atoms with van der Waals surface area (Å²) in [6.07, 6.45) is -0.506. The molecule has 74 valence electrons. The Hall–Kier alpha value is -2.04. The molecule has 0 saturated heterocycles. The van der Waals surface area contributed by atoms with Gasteiger partial charge >= 0.3 is 5.97 Å². The van der Waals surface area contributed by atoms with Crippen molar-refractivity contribution in [1.82, 2.24) is 0 Å². The topological polar surface area (TPSA) is 89.6 Å². The highest BCUT2D eigenvalue weighted by atomic mass is 16.5. The number of carbonyl (C=O) groups excluding carboxylic acids is 2. The van der Waals surface area contributed by atoms with Gasteiger partial charge in [0.05, 0.1) is 0 Å². The minimum absolute atomic E-state index is 0.0127. The minimum Gasteiger partial charge on any atom is -0.504 e. The first-order valence-corrected chi connectivity index (χ1v) is 3.86. The summed E-state index contributed by atoms with van der Waals surface area (Å²) < 4.78 is 4.67. The van der Waals surface area contributed by atoms with Crippen molar-refractivity contribution < 1.29 is 19.4 Å². The van der Waals surface area contributed by atoms with Crippen molar-refractivity contribution in [2.75, 3.05) is 0 Å². The highest BCUT2D eigenvalue weighted by Crippen LogP contribution is 2.24. The number of primary amides is 1. The number of nitrogens with two attached hydrogens (primary N) is 1. The number of esters is 1. The number of benzene rings is 1. The smallest absolute Gasteiger partial charge is 0.320 e. The molecule has 5 heteroatoms. The van der Waals surface area contributed by atoms with Gasteiger partial charge in [-0.1, -0.05) is 12.1 Å². The van der Waals surface area contributed by atoms with Gasteiger partial charge in [0.25, 0.3) is 0 Å². The summed E-state index contributed by atoms with van der Waals surface area (Å²) in [5.74, 6) is -1.71. The Labute approximate surface area is 80.1 Å². The number of phenols is 1. The molecule has 1 aromatic rings. The van der Waals surface area contributed by atoms with Crippen molar-refractivity contribution in [2.45, 2.75) is 6.42 Å². The molecule has 0 atom stereocenters. The zero-order valence-corrected chi connectivity index (χ0v) is 7.27. The second kappa shape index (κ2) is 4.27. The van der Waals surface area contributed by atoms with Crippen LogP contribution in [0.5, 0.6) is 11.5 Å². The lowest BCUT2D eigenvalue weighted by Crippen LogP contribution is -2.19. The summed E-state index contributed by atoms with van der Waals surface area (Å²) in [6, 6.07) is 5.95. The molecule has 3 N–H and O–H groups in total. The number of aromatic hydroxyl groups is 1. The molecule has 0 aliphatic rings. The zero-order valence-electron chi connectivity index (χ0n) is 7.27. The van der Waals surface area contributed by atoms with Crippen molar-refractivity contribution in [3.8, 4) is 11.5 Å². The second-order valence-electron chi connectivity index (χ2n) is 2.58. The van der Waals surface area contributed by atoms with E-state index in [4.69, 9.17) is 5.73 Å². The van der Waals surface area contributed by atoms with Crippen LogP contribution in [0.1, 0.15) is 6.42 Å². The Morgan fingerprint density at radius 3 is 2.57 bits per heavy atom. The van der Waals surface area contributed by atoms with Crippen LogP contribution in [-0.4, -0.2) is 17.0 Å². The zero-order chi connectivity index (χ0) is 10.6. The molecule has 0 bridgehead atoms. The SMILES string of the molecule is NC(=O)CC(=O)Oc1ccccc1O. The van der Waals surface area contributed by atoms with Crippen molar-refractivity contribution >= 4 is 11.9 Å². The summed E-state index contributed by atoms with van der Waals surface area (Å²) in [5.41, 5.74) is 4.78. The fraction of sp³-hybridized carbons (Fsp3) is 0.111. The third-order valence-corrected chi connectivity index (χ3v) is 1.41. The van der Waals surface area contributed by atoms with Crippen molar-refractivity contribution in [3.05, 3.63) is 24.3 Å². The predicted molar refractivity (Wildman–Crippen MR) is 47.6 cm³/mol. The van der Waals surface area contributed by atoms with Crippen LogP contribution < -0.4 is 10.5 Å². The lowest BCUT2D eigenvalue weighted by atomic mass is 10.3. The van der Waals surface area contributed by atoms with Gasteiger partial charge in [0.15, 0.2) is 11.5 Å². The Bertz CT molecular complexity index is 362. The first-order chi connectivity index (χ1) is 6.59. The fourth-order valence-electron chi connectivity index (χ4n) is 0.844. The van der Waals surface area contributed by atoms with E-state index >= 15 is 0 Å². The van der Waals surface area contributed by atoms with Crippen molar-refractivity contribution in [3.63, 3.8) is 0 Å². The van der Waals surface area contributed by atoms with E-state index in [0.717, 1.165) is 0 Å².